The largest absolute Gasteiger partial charge is 0.334 e. The Morgan fingerprint density at radius 3 is 2.83 bits per heavy atom. The highest BCUT2D eigenvalue weighted by Crippen LogP contribution is 2.23. The molecule has 1 amide bonds. The maximum Gasteiger partial charge on any atom is 0.270 e. The van der Waals surface area contributed by atoms with Crippen molar-refractivity contribution in [2.24, 2.45) is 0 Å². The molecule has 4 aromatic rings. The van der Waals surface area contributed by atoms with Gasteiger partial charge < -0.3 is 4.90 Å². The smallest absolute Gasteiger partial charge is 0.270 e. The van der Waals surface area contributed by atoms with E-state index in [2.05, 4.69) is 27.2 Å². The number of nitrogens with zero attached hydrogens (tertiary/aromatic N) is 4. The van der Waals surface area contributed by atoms with Crippen molar-refractivity contribution in [1.29, 1.82) is 0 Å². The molecule has 1 aliphatic rings. The minimum Gasteiger partial charge on any atom is -0.334 e. The third-order valence-corrected chi connectivity index (χ3v) is 6.39. The van der Waals surface area contributed by atoms with E-state index in [4.69, 9.17) is 0 Å². The Bertz CT molecular complexity index is 1320. The van der Waals surface area contributed by atoms with Crippen molar-refractivity contribution in [2.45, 2.75) is 26.8 Å². The first-order valence-corrected chi connectivity index (χ1v) is 10.2. The molecule has 7 nitrogen and oxygen atoms in total. The van der Waals surface area contributed by atoms with E-state index in [0.717, 1.165) is 11.3 Å². The van der Waals surface area contributed by atoms with Crippen LogP contribution in [0.4, 0.5) is 0 Å². The molecule has 0 saturated carbocycles. The maximum absolute atomic E-state index is 13.1. The molecular weight excluding hydrogens is 386 g/mol. The van der Waals surface area contributed by atoms with Gasteiger partial charge in [0, 0.05) is 18.0 Å². The van der Waals surface area contributed by atoms with E-state index in [1.54, 1.807) is 6.20 Å². The first-order valence-electron chi connectivity index (χ1n) is 9.43. The van der Waals surface area contributed by atoms with Crippen LogP contribution in [0.1, 0.15) is 32.1 Å². The van der Waals surface area contributed by atoms with Crippen molar-refractivity contribution in [2.75, 3.05) is 6.54 Å². The average Bonchev–Trinajstić information content (AvgIpc) is 3.29. The highest BCUT2D eigenvalue weighted by molar-refractivity contribution is 7.18. The van der Waals surface area contributed by atoms with Crippen LogP contribution in [0.25, 0.3) is 16.2 Å². The first kappa shape index (κ1) is 17.8. The van der Waals surface area contributed by atoms with E-state index in [9.17, 15) is 9.59 Å². The minimum absolute atomic E-state index is 0.0574. The zero-order valence-corrected chi connectivity index (χ0v) is 16.9. The van der Waals surface area contributed by atoms with Gasteiger partial charge in [-0.15, -0.1) is 11.3 Å². The number of nitrogens with one attached hydrogen (secondary N) is 1. The van der Waals surface area contributed by atoms with Crippen molar-refractivity contribution in [3.8, 4) is 5.95 Å². The molecule has 0 bridgehead atoms. The number of H-pyrrole nitrogens is 1. The van der Waals surface area contributed by atoms with Crippen LogP contribution in [-0.2, 0) is 13.0 Å². The zero-order chi connectivity index (χ0) is 20.1. The van der Waals surface area contributed by atoms with Gasteiger partial charge in [-0.1, -0.05) is 24.3 Å². The summed E-state index contributed by atoms with van der Waals surface area (Å²) in [5.74, 6) is 0.263. The number of carbonyl (C=O) groups excluding carboxylic acids is 1. The van der Waals surface area contributed by atoms with Gasteiger partial charge in [-0.2, -0.15) is 5.10 Å². The zero-order valence-electron chi connectivity index (χ0n) is 16.1. The van der Waals surface area contributed by atoms with E-state index < -0.39 is 0 Å². The summed E-state index contributed by atoms with van der Waals surface area (Å²) < 4.78 is 2.12. The Morgan fingerprint density at radius 1 is 1.21 bits per heavy atom. The van der Waals surface area contributed by atoms with Gasteiger partial charge >= 0.3 is 0 Å². The van der Waals surface area contributed by atoms with Gasteiger partial charge in [0.1, 0.15) is 4.70 Å². The van der Waals surface area contributed by atoms with Crippen LogP contribution in [0.2, 0.25) is 0 Å². The number of aromatic nitrogens is 4. The van der Waals surface area contributed by atoms with E-state index in [1.165, 1.54) is 27.1 Å². The van der Waals surface area contributed by atoms with E-state index >= 15 is 0 Å². The van der Waals surface area contributed by atoms with E-state index in [0.29, 0.717) is 40.5 Å². The van der Waals surface area contributed by atoms with Gasteiger partial charge in [0.05, 0.1) is 23.0 Å². The molecule has 0 unspecified atom stereocenters. The molecule has 0 radical (unpaired) electrons. The topological polar surface area (TPSA) is 83.9 Å². The van der Waals surface area contributed by atoms with Gasteiger partial charge in [0.25, 0.3) is 11.5 Å². The summed E-state index contributed by atoms with van der Waals surface area (Å²) in [7, 11) is 0. The molecule has 3 aromatic heterocycles. The molecule has 0 atom stereocenters. The predicted molar refractivity (Wildman–Crippen MR) is 112 cm³/mol. The lowest BCUT2D eigenvalue weighted by atomic mass is 9.99. The fraction of sp³-hybridized carbons (Fsp3) is 0.238. The van der Waals surface area contributed by atoms with Crippen molar-refractivity contribution < 1.29 is 4.79 Å². The number of aryl methyl sites for hydroxylation is 1. The molecule has 1 N–H and O–H groups in total. The van der Waals surface area contributed by atoms with Crippen LogP contribution >= 0.6 is 11.3 Å². The number of benzene rings is 1. The van der Waals surface area contributed by atoms with Crippen LogP contribution in [0.3, 0.4) is 0 Å². The van der Waals surface area contributed by atoms with Crippen LogP contribution < -0.4 is 5.56 Å². The van der Waals surface area contributed by atoms with E-state index in [1.807, 2.05) is 36.9 Å². The van der Waals surface area contributed by atoms with Crippen LogP contribution in [-0.4, -0.2) is 37.1 Å². The van der Waals surface area contributed by atoms with E-state index in [-0.39, 0.29) is 11.5 Å². The van der Waals surface area contributed by atoms with Crippen molar-refractivity contribution >= 4 is 27.5 Å². The normalized spacial score (nSPS) is 13.7. The summed E-state index contributed by atoms with van der Waals surface area (Å²) in [6.07, 6.45) is 2.40. The second kappa shape index (κ2) is 6.66. The van der Waals surface area contributed by atoms with Gasteiger partial charge in [-0.05, 0) is 37.5 Å². The monoisotopic (exact) mass is 405 g/mol. The van der Waals surface area contributed by atoms with Gasteiger partial charge in [0.2, 0.25) is 5.95 Å². The first-order chi connectivity index (χ1) is 14.0. The number of fused-ring (bicyclic) bond motifs is 2. The molecule has 5 rings (SSSR count). The Balaban J connectivity index is 1.49. The molecular formula is C21H19N5O2S. The highest BCUT2D eigenvalue weighted by Gasteiger charge is 2.25. The second-order valence-electron chi connectivity index (χ2n) is 7.26. The Morgan fingerprint density at radius 2 is 2.00 bits per heavy atom. The molecule has 29 heavy (non-hydrogen) atoms. The molecule has 146 valence electrons. The molecule has 1 aliphatic heterocycles. The summed E-state index contributed by atoms with van der Waals surface area (Å²) in [5, 5.41) is 4.34. The van der Waals surface area contributed by atoms with Gasteiger partial charge in [0.15, 0.2) is 0 Å². The summed E-state index contributed by atoms with van der Waals surface area (Å²) >= 11 is 1.41. The number of aromatic amines is 1. The lowest BCUT2D eigenvalue weighted by Gasteiger charge is -2.28. The number of thiophene rings is 1. The third-order valence-electron chi connectivity index (χ3n) is 5.35. The third kappa shape index (κ3) is 2.96. The summed E-state index contributed by atoms with van der Waals surface area (Å²) in [6.45, 7) is 5.03. The second-order valence-corrected chi connectivity index (χ2v) is 8.52. The standard InChI is InChI=1S/C21H19N5O2S/c1-12-9-17-18(29-12)19(27)24-21(23-17)26-13(2)16(10-22-26)20(28)25-8-7-14-5-3-4-6-15(14)11-25/h3-6,9-10H,7-8,11H2,1-2H3,(H,23,24,27). The number of amides is 1. The SMILES string of the molecule is Cc1cc2nc(-n3ncc(C(=O)N4CCc5ccccc5C4)c3C)[nH]c(=O)c2s1. The highest BCUT2D eigenvalue weighted by atomic mass is 32.1. The van der Waals surface area contributed by atoms with Crippen LogP contribution in [0.15, 0.2) is 41.3 Å². The van der Waals surface area contributed by atoms with Gasteiger partial charge in [-0.25, -0.2) is 9.67 Å². The fourth-order valence-electron chi connectivity index (χ4n) is 3.82. The Hall–Kier alpha value is -3.26. The Labute approximate surface area is 170 Å². The molecule has 4 heterocycles. The predicted octanol–water partition coefficient (Wildman–Crippen LogP) is 2.99. The fourth-order valence-corrected chi connectivity index (χ4v) is 4.67. The van der Waals surface area contributed by atoms with Crippen LogP contribution in [0.5, 0.6) is 0 Å². The number of carbonyl (C=O) groups is 1. The van der Waals surface area contributed by atoms with Crippen molar-refractivity contribution in [1.82, 2.24) is 24.6 Å². The van der Waals surface area contributed by atoms with Crippen LogP contribution in [0, 0.1) is 13.8 Å². The molecule has 8 heteroatoms. The number of hydrogen-bond donors (Lipinski definition) is 1. The molecule has 0 fully saturated rings. The molecule has 1 aromatic carbocycles. The number of hydrogen-bond acceptors (Lipinski definition) is 5. The quantitative estimate of drug-likeness (QED) is 0.556. The lowest BCUT2D eigenvalue weighted by molar-refractivity contribution is 0.0734. The molecule has 0 saturated heterocycles. The van der Waals surface area contributed by atoms with Gasteiger partial charge in [-0.3, -0.25) is 14.6 Å². The lowest BCUT2D eigenvalue weighted by Crippen LogP contribution is -2.36. The Kier molecular flexibility index (Phi) is 4.09. The summed E-state index contributed by atoms with van der Waals surface area (Å²) in [4.78, 5) is 35.7. The number of rotatable bonds is 2. The average molecular weight is 405 g/mol. The molecule has 0 spiro atoms. The minimum atomic E-state index is -0.196. The summed E-state index contributed by atoms with van der Waals surface area (Å²) in [6, 6.07) is 10.1. The summed E-state index contributed by atoms with van der Waals surface area (Å²) in [5.41, 5.74) is 4.10. The molecule has 0 aliphatic carbocycles. The maximum atomic E-state index is 13.1. The van der Waals surface area contributed by atoms with Crippen molar-refractivity contribution in [3.05, 3.63) is 74.1 Å². The van der Waals surface area contributed by atoms with Crippen molar-refractivity contribution in [3.63, 3.8) is 0 Å².